The largest absolute Gasteiger partial charge is 0.463 e. The third-order valence-electron chi connectivity index (χ3n) is 2.96. The number of hydrogen-bond donors (Lipinski definition) is 0. The molecule has 0 amide bonds. The summed E-state index contributed by atoms with van der Waals surface area (Å²) in [5.41, 5.74) is 1.89. The molecule has 0 radical (unpaired) electrons. The summed E-state index contributed by atoms with van der Waals surface area (Å²) in [6.45, 7) is 6.08. The van der Waals surface area contributed by atoms with Crippen LogP contribution in [0, 0.1) is 0 Å². The quantitative estimate of drug-likeness (QED) is 0.651. The van der Waals surface area contributed by atoms with Crippen molar-refractivity contribution in [2.75, 3.05) is 0 Å². The van der Waals surface area contributed by atoms with Gasteiger partial charge in [0.25, 0.3) is 0 Å². The Kier molecular flexibility index (Phi) is 4.40. The van der Waals surface area contributed by atoms with E-state index >= 15 is 0 Å². The summed E-state index contributed by atoms with van der Waals surface area (Å²) >= 11 is 3.31. The molecule has 0 unspecified atom stereocenters. The molecule has 0 saturated carbocycles. The van der Waals surface area contributed by atoms with Crippen LogP contribution in [0.5, 0.6) is 0 Å². The van der Waals surface area contributed by atoms with Crippen LogP contribution < -0.4 is 4.80 Å². The van der Waals surface area contributed by atoms with Crippen molar-refractivity contribution in [2.24, 2.45) is 10.1 Å². The van der Waals surface area contributed by atoms with E-state index in [-0.39, 0.29) is 6.04 Å². The van der Waals surface area contributed by atoms with E-state index in [0.717, 1.165) is 22.0 Å². The molecular formula is C16H17N3OS2. The first-order valence-electron chi connectivity index (χ1n) is 7.03. The maximum atomic E-state index is 5.43. The predicted octanol–water partition coefficient (Wildman–Crippen LogP) is 4.45. The van der Waals surface area contributed by atoms with Gasteiger partial charge in [0.15, 0.2) is 0 Å². The lowest BCUT2D eigenvalue weighted by atomic mass is 10.3. The van der Waals surface area contributed by atoms with Gasteiger partial charge in [0.05, 0.1) is 16.8 Å². The Morgan fingerprint density at radius 2 is 2.09 bits per heavy atom. The molecule has 22 heavy (non-hydrogen) atoms. The Labute approximate surface area is 137 Å². The number of thiophene rings is 1. The lowest BCUT2D eigenvalue weighted by Gasteiger charge is -2.03. The third kappa shape index (κ3) is 3.13. The molecule has 3 rings (SSSR count). The average molecular weight is 331 g/mol. The Balaban J connectivity index is 2.15. The number of aromatic nitrogens is 1. The molecule has 0 N–H and O–H groups in total. The first-order valence-corrected chi connectivity index (χ1v) is 8.79. The van der Waals surface area contributed by atoms with Crippen molar-refractivity contribution < 1.29 is 4.42 Å². The van der Waals surface area contributed by atoms with Crippen molar-refractivity contribution in [3.8, 4) is 10.6 Å². The van der Waals surface area contributed by atoms with Crippen LogP contribution in [0.1, 0.15) is 26.5 Å². The first-order chi connectivity index (χ1) is 10.6. The van der Waals surface area contributed by atoms with E-state index in [1.165, 1.54) is 4.88 Å². The van der Waals surface area contributed by atoms with Gasteiger partial charge < -0.3 is 4.42 Å². The summed E-state index contributed by atoms with van der Waals surface area (Å²) in [6.07, 6.45) is 1.66. The normalized spacial score (nSPS) is 13.3. The first kappa shape index (κ1) is 15.0. The van der Waals surface area contributed by atoms with Gasteiger partial charge in [-0.1, -0.05) is 6.07 Å². The summed E-state index contributed by atoms with van der Waals surface area (Å²) in [7, 11) is 0. The molecule has 3 aromatic heterocycles. The summed E-state index contributed by atoms with van der Waals surface area (Å²) < 4.78 is 7.34. The molecule has 0 atom stereocenters. The predicted molar refractivity (Wildman–Crippen MR) is 92.6 cm³/mol. The highest BCUT2D eigenvalue weighted by Crippen LogP contribution is 2.25. The van der Waals surface area contributed by atoms with Crippen LogP contribution in [-0.4, -0.2) is 16.4 Å². The van der Waals surface area contributed by atoms with E-state index in [2.05, 4.69) is 35.7 Å². The van der Waals surface area contributed by atoms with Gasteiger partial charge in [-0.3, -0.25) is 4.99 Å². The monoisotopic (exact) mass is 331 g/mol. The minimum atomic E-state index is 0.222. The van der Waals surface area contributed by atoms with Crippen molar-refractivity contribution in [2.45, 2.75) is 26.8 Å². The molecular weight excluding hydrogens is 314 g/mol. The van der Waals surface area contributed by atoms with Gasteiger partial charge >= 0.3 is 0 Å². The smallest absolute Gasteiger partial charge is 0.206 e. The Morgan fingerprint density at radius 1 is 1.23 bits per heavy atom. The molecule has 0 aromatic carbocycles. The molecule has 0 aliphatic rings. The van der Waals surface area contributed by atoms with E-state index in [0.29, 0.717) is 0 Å². The van der Waals surface area contributed by atoms with Crippen LogP contribution in [0.25, 0.3) is 10.6 Å². The zero-order chi connectivity index (χ0) is 15.5. The molecule has 0 spiro atoms. The van der Waals surface area contributed by atoms with Gasteiger partial charge in [0.1, 0.15) is 11.5 Å². The van der Waals surface area contributed by atoms with Crippen LogP contribution in [-0.2, 0) is 0 Å². The zero-order valence-corrected chi connectivity index (χ0v) is 14.3. The molecule has 0 aliphatic heterocycles. The second kappa shape index (κ2) is 6.46. The highest BCUT2D eigenvalue weighted by Gasteiger charge is 2.10. The molecule has 114 valence electrons. The van der Waals surface area contributed by atoms with Gasteiger partial charge in [-0.05, 0) is 44.4 Å². The van der Waals surface area contributed by atoms with Gasteiger partial charge in [0.2, 0.25) is 4.80 Å². The summed E-state index contributed by atoms with van der Waals surface area (Å²) in [4.78, 5) is 6.74. The van der Waals surface area contributed by atoms with Gasteiger partial charge in [-0.25, -0.2) is 4.68 Å². The molecule has 4 nitrogen and oxygen atoms in total. The van der Waals surface area contributed by atoms with E-state index < -0.39 is 0 Å². The van der Waals surface area contributed by atoms with Crippen molar-refractivity contribution in [1.29, 1.82) is 0 Å². The second-order valence-electron chi connectivity index (χ2n) is 5.08. The van der Waals surface area contributed by atoms with Crippen LogP contribution in [0.2, 0.25) is 0 Å². The highest BCUT2D eigenvalue weighted by molar-refractivity contribution is 7.14. The lowest BCUT2D eigenvalue weighted by Crippen LogP contribution is -2.15. The standard InChI is InChI=1S/C16H17N3OS2/c1-11(2)17-16-19(18-12(3)14-6-4-8-20-14)13(10-22-16)15-7-5-9-21-15/h4-11H,1-3H3. The van der Waals surface area contributed by atoms with Crippen molar-refractivity contribution in [1.82, 2.24) is 4.68 Å². The van der Waals surface area contributed by atoms with Crippen molar-refractivity contribution in [3.05, 3.63) is 51.9 Å². The van der Waals surface area contributed by atoms with Crippen LogP contribution >= 0.6 is 22.7 Å². The van der Waals surface area contributed by atoms with E-state index in [4.69, 9.17) is 9.52 Å². The number of hydrogen-bond acceptors (Lipinski definition) is 5. The summed E-state index contributed by atoms with van der Waals surface area (Å²) in [5.74, 6) is 0.770. The zero-order valence-electron chi connectivity index (χ0n) is 12.7. The van der Waals surface area contributed by atoms with Crippen molar-refractivity contribution in [3.63, 3.8) is 0 Å². The van der Waals surface area contributed by atoms with E-state index in [1.54, 1.807) is 28.9 Å². The van der Waals surface area contributed by atoms with Crippen LogP contribution in [0.3, 0.4) is 0 Å². The van der Waals surface area contributed by atoms with E-state index in [1.807, 2.05) is 29.8 Å². The van der Waals surface area contributed by atoms with Crippen LogP contribution in [0.15, 0.2) is 55.8 Å². The SMILES string of the molecule is CC(=Nn1c(-c2cccs2)csc1=NC(C)C)c1ccco1. The van der Waals surface area contributed by atoms with Crippen LogP contribution in [0.4, 0.5) is 0 Å². The maximum Gasteiger partial charge on any atom is 0.206 e. The average Bonchev–Trinajstić information content (AvgIpc) is 3.19. The molecule has 0 saturated heterocycles. The topological polar surface area (TPSA) is 42.8 Å². The highest BCUT2D eigenvalue weighted by atomic mass is 32.1. The van der Waals surface area contributed by atoms with Gasteiger partial charge in [-0.15, -0.1) is 22.7 Å². The summed E-state index contributed by atoms with van der Waals surface area (Å²) in [6, 6.07) is 8.15. The van der Waals surface area contributed by atoms with E-state index in [9.17, 15) is 0 Å². The van der Waals surface area contributed by atoms with Gasteiger partial charge in [0, 0.05) is 11.4 Å². The Morgan fingerprint density at radius 3 is 2.73 bits per heavy atom. The fourth-order valence-electron chi connectivity index (χ4n) is 1.98. The second-order valence-corrected chi connectivity index (χ2v) is 6.86. The maximum absolute atomic E-state index is 5.43. The number of furan rings is 1. The fraction of sp³-hybridized carbons (Fsp3) is 0.250. The Hall–Kier alpha value is -1.92. The molecule has 6 heteroatoms. The third-order valence-corrected chi connectivity index (χ3v) is 4.68. The summed E-state index contributed by atoms with van der Waals surface area (Å²) in [5, 5.41) is 8.91. The Bertz CT molecular complexity index is 821. The number of nitrogens with zero attached hydrogens (tertiary/aromatic N) is 3. The molecule has 0 bridgehead atoms. The molecule has 0 aliphatic carbocycles. The number of rotatable bonds is 4. The van der Waals surface area contributed by atoms with Gasteiger partial charge in [-0.2, -0.15) is 5.10 Å². The minimum Gasteiger partial charge on any atom is -0.463 e. The fourth-order valence-corrected chi connectivity index (χ4v) is 3.74. The molecule has 3 heterocycles. The molecule has 3 aromatic rings. The number of thiazole rings is 1. The van der Waals surface area contributed by atoms with Crippen molar-refractivity contribution >= 4 is 28.4 Å². The minimum absolute atomic E-state index is 0.222. The molecule has 0 fully saturated rings. The lowest BCUT2D eigenvalue weighted by molar-refractivity contribution is 0.556.